The molecular formula is C20H20N6O2S. The summed E-state index contributed by atoms with van der Waals surface area (Å²) >= 11 is 1.39. The van der Waals surface area contributed by atoms with Crippen LogP contribution in [0.4, 0.5) is 9.93 Å². The van der Waals surface area contributed by atoms with Gasteiger partial charge in [0.2, 0.25) is 0 Å². The predicted octanol–water partition coefficient (Wildman–Crippen LogP) is 2.50. The molecule has 0 fully saturated rings. The molecule has 0 bridgehead atoms. The first-order valence-corrected chi connectivity index (χ1v) is 10.1. The van der Waals surface area contributed by atoms with Crippen molar-refractivity contribution >= 4 is 28.4 Å². The zero-order valence-corrected chi connectivity index (χ0v) is 16.5. The monoisotopic (exact) mass is 408 g/mol. The van der Waals surface area contributed by atoms with Gasteiger partial charge in [0, 0.05) is 36.8 Å². The summed E-state index contributed by atoms with van der Waals surface area (Å²) in [6.45, 7) is 1.69. The van der Waals surface area contributed by atoms with E-state index in [1.807, 2.05) is 30.3 Å². The van der Waals surface area contributed by atoms with Gasteiger partial charge in [0.05, 0.1) is 18.4 Å². The van der Waals surface area contributed by atoms with Crippen LogP contribution in [0.5, 0.6) is 0 Å². The second kappa shape index (κ2) is 8.78. The summed E-state index contributed by atoms with van der Waals surface area (Å²) in [5.74, 6) is -0.347. The van der Waals surface area contributed by atoms with Gasteiger partial charge in [0.1, 0.15) is 5.69 Å². The van der Waals surface area contributed by atoms with Gasteiger partial charge in [-0.05, 0) is 12.0 Å². The Bertz CT molecular complexity index is 993. The van der Waals surface area contributed by atoms with Crippen LogP contribution in [-0.4, -0.2) is 44.9 Å². The summed E-state index contributed by atoms with van der Waals surface area (Å²) in [7, 11) is 0. The Hall–Kier alpha value is -3.33. The van der Waals surface area contributed by atoms with Gasteiger partial charge in [0.25, 0.3) is 5.91 Å². The van der Waals surface area contributed by atoms with Gasteiger partial charge in [-0.3, -0.25) is 15.1 Å². The van der Waals surface area contributed by atoms with Crippen LogP contribution < -0.4 is 10.6 Å². The van der Waals surface area contributed by atoms with Crippen LogP contribution in [0, 0.1) is 0 Å². The van der Waals surface area contributed by atoms with E-state index < -0.39 is 0 Å². The van der Waals surface area contributed by atoms with Gasteiger partial charge in [-0.15, -0.1) is 0 Å². The Morgan fingerprint density at radius 3 is 2.83 bits per heavy atom. The summed E-state index contributed by atoms with van der Waals surface area (Å²) < 4.78 is 0. The molecule has 29 heavy (non-hydrogen) atoms. The van der Waals surface area contributed by atoms with Gasteiger partial charge in [-0.1, -0.05) is 41.7 Å². The molecule has 0 unspecified atom stereocenters. The van der Waals surface area contributed by atoms with Crippen molar-refractivity contribution in [3.05, 3.63) is 70.8 Å². The number of hydrogen-bond acceptors (Lipinski definition) is 6. The third kappa shape index (κ3) is 4.75. The molecule has 3 heterocycles. The SMILES string of the molecule is O=C(Nc1nc2c(s1)CN(C(=O)NCCc1ccccc1)CC2)c1cnccn1. The number of thiazole rings is 1. The number of rotatable bonds is 5. The van der Waals surface area contributed by atoms with Crippen LogP contribution in [0.25, 0.3) is 0 Å². The summed E-state index contributed by atoms with van der Waals surface area (Å²) in [4.78, 5) is 39.8. The first kappa shape index (κ1) is 19.0. The molecule has 3 aromatic rings. The lowest BCUT2D eigenvalue weighted by Gasteiger charge is -2.26. The fourth-order valence-corrected chi connectivity index (χ4v) is 4.09. The lowest BCUT2D eigenvalue weighted by molar-refractivity contribution is 0.102. The van der Waals surface area contributed by atoms with E-state index in [-0.39, 0.29) is 17.6 Å². The lowest BCUT2D eigenvalue weighted by Crippen LogP contribution is -2.43. The van der Waals surface area contributed by atoms with Crippen molar-refractivity contribution < 1.29 is 9.59 Å². The van der Waals surface area contributed by atoms with E-state index in [1.54, 1.807) is 4.90 Å². The van der Waals surface area contributed by atoms with E-state index in [0.29, 0.717) is 31.2 Å². The third-order valence-electron chi connectivity index (χ3n) is 4.57. The van der Waals surface area contributed by atoms with Gasteiger partial charge in [-0.25, -0.2) is 14.8 Å². The molecule has 0 radical (unpaired) electrons. The van der Waals surface area contributed by atoms with Crippen molar-refractivity contribution in [3.8, 4) is 0 Å². The molecule has 1 aliphatic rings. The van der Waals surface area contributed by atoms with E-state index in [9.17, 15) is 9.59 Å². The normalized spacial score (nSPS) is 12.9. The fourth-order valence-electron chi connectivity index (χ4n) is 3.07. The highest BCUT2D eigenvalue weighted by molar-refractivity contribution is 7.15. The zero-order chi connectivity index (χ0) is 20.1. The minimum atomic E-state index is -0.347. The molecule has 0 saturated carbocycles. The number of hydrogen-bond donors (Lipinski definition) is 2. The Balaban J connectivity index is 1.31. The molecule has 9 heteroatoms. The number of fused-ring (bicyclic) bond motifs is 1. The topological polar surface area (TPSA) is 100 Å². The molecule has 2 N–H and O–H groups in total. The number of carbonyl (C=O) groups is 2. The Morgan fingerprint density at radius 2 is 2.03 bits per heavy atom. The largest absolute Gasteiger partial charge is 0.338 e. The van der Waals surface area contributed by atoms with Crippen molar-refractivity contribution in [2.45, 2.75) is 19.4 Å². The van der Waals surface area contributed by atoms with E-state index in [1.165, 1.54) is 35.5 Å². The maximum atomic E-state index is 12.5. The molecule has 0 aliphatic carbocycles. The van der Waals surface area contributed by atoms with Gasteiger partial charge in [0.15, 0.2) is 5.13 Å². The number of nitrogens with one attached hydrogen (secondary N) is 2. The number of aromatic nitrogens is 3. The molecule has 1 aliphatic heterocycles. The van der Waals surface area contributed by atoms with Crippen molar-refractivity contribution in [3.63, 3.8) is 0 Å². The summed E-state index contributed by atoms with van der Waals surface area (Å²) in [5, 5.41) is 6.25. The highest BCUT2D eigenvalue weighted by Gasteiger charge is 2.24. The predicted molar refractivity (Wildman–Crippen MR) is 110 cm³/mol. The van der Waals surface area contributed by atoms with Crippen LogP contribution in [0.15, 0.2) is 48.9 Å². The van der Waals surface area contributed by atoms with E-state index in [0.717, 1.165) is 17.0 Å². The van der Waals surface area contributed by atoms with Crippen LogP contribution in [0.2, 0.25) is 0 Å². The molecule has 8 nitrogen and oxygen atoms in total. The first-order valence-electron chi connectivity index (χ1n) is 9.31. The highest BCUT2D eigenvalue weighted by atomic mass is 32.1. The van der Waals surface area contributed by atoms with Gasteiger partial charge < -0.3 is 10.2 Å². The molecule has 1 aromatic carbocycles. The summed E-state index contributed by atoms with van der Waals surface area (Å²) in [5.41, 5.74) is 2.36. The Morgan fingerprint density at radius 1 is 1.17 bits per heavy atom. The van der Waals surface area contributed by atoms with E-state index in [4.69, 9.17) is 0 Å². The molecule has 4 rings (SSSR count). The molecule has 0 atom stereocenters. The van der Waals surface area contributed by atoms with Crippen LogP contribution in [0.1, 0.15) is 26.6 Å². The van der Waals surface area contributed by atoms with Crippen molar-refractivity contribution in [1.82, 2.24) is 25.2 Å². The third-order valence-corrected chi connectivity index (χ3v) is 5.57. The number of anilines is 1. The average molecular weight is 408 g/mol. The van der Waals surface area contributed by atoms with E-state index in [2.05, 4.69) is 25.6 Å². The maximum Gasteiger partial charge on any atom is 0.317 e. The van der Waals surface area contributed by atoms with Crippen LogP contribution >= 0.6 is 11.3 Å². The standard InChI is InChI=1S/C20H20N6O2S/c27-18(16-12-21-9-10-22-16)25-19-24-15-7-11-26(13-17(15)29-19)20(28)23-8-6-14-4-2-1-3-5-14/h1-5,9-10,12H,6-8,11,13H2,(H,23,28)(H,24,25,27). The molecule has 3 amide bonds. The summed E-state index contributed by atoms with van der Waals surface area (Å²) in [6, 6.07) is 9.99. The number of carbonyl (C=O) groups excluding carboxylic acids is 2. The molecule has 148 valence electrons. The molecule has 2 aromatic heterocycles. The van der Waals surface area contributed by atoms with Crippen molar-refractivity contribution in [2.24, 2.45) is 0 Å². The maximum absolute atomic E-state index is 12.5. The second-order valence-corrected chi connectivity index (χ2v) is 7.66. The lowest BCUT2D eigenvalue weighted by atomic mass is 10.1. The number of urea groups is 1. The van der Waals surface area contributed by atoms with Crippen molar-refractivity contribution in [1.29, 1.82) is 0 Å². The summed E-state index contributed by atoms with van der Waals surface area (Å²) in [6.07, 6.45) is 5.85. The minimum Gasteiger partial charge on any atom is -0.338 e. The smallest absolute Gasteiger partial charge is 0.317 e. The fraction of sp³-hybridized carbons (Fsp3) is 0.250. The van der Waals surface area contributed by atoms with Crippen LogP contribution in [0.3, 0.4) is 0 Å². The van der Waals surface area contributed by atoms with Gasteiger partial charge >= 0.3 is 6.03 Å². The molecule has 0 spiro atoms. The Labute approximate surface area is 172 Å². The number of amides is 3. The van der Waals surface area contributed by atoms with Gasteiger partial charge in [-0.2, -0.15) is 0 Å². The Kier molecular flexibility index (Phi) is 5.76. The zero-order valence-electron chi connectivity index (χ0n) is 15.7. The minimum absolute atomic E-state index is 0.0786. The first-order chi connectivity index (χ1) is 14.2. The molecular weight excluding hydrogens is 388 g/mol. The molecule has 0 saturated heterocycles. The quantitative estimate of drug-likeness (QED) is 0.676. The number of nitrogens with zero attached hydrogens (tertiary/aromatic N) is 4. The highest BCUT2D eigenvalue weighted by Crippen LogP contribution is 2.28. The van der Waals surface area contributed by atoms with Crippen LogP contribution in [-0.2, 0) is 19.4 Å². The van der Waals surface area contributed by atoms with E-state index >= 15 is 0 Å². The van der Waals surface area contributed by atoms with Crippen molar-refractivity contribution in [2.75, 3.05) is 18.4 Å². The average Bonchev–Trinajstić information content (AvgIpc) is 3.16. The number of benzene rings is 1. The second-order valence-electron chi connectivity index (χ2n) is 6.57.